The summed E-state index contributed by atoms with van der Waals surface area (Å²) in [5.74, 6) is 0.581. The lowest BCUT2D eigenvalue weighted by atomic mass is 9.79. The normalized spacial score (nSPS) is 28.2. The highest BCUT2D eigenvalue weighted by atomic mass is 16.1. The molecule has 2 aliphatic rings. The van der Waals surface area contributed by atoms with Crippen molar-refractivity contribution in [2.24, 2.45) is 5.92 Å². The molecule has 1 aliphatic heterocycles. The fourth-order valence-corrected chi connectivity index (χ4v) is 3.93. The van der Waals surface area contributed by atoms with Crippen LogP contribution in [0.5, 0.6) is 0 Å². The SMILES string of the molecule is CC1(C)CC(NC(=O)C2CCCC2)CC(C)(C)N1. The minimum Gasteiger partial charge on any atom is -0.353 e. The Morgan fingerprint density at radius 3 is 2.06 bits per heavy atom. The van der Waals surface area contributed by atoms with Gasteiger partial charge in [0.2, 0.25) is 5.91 Å². The Balaban J connectivity index is 1.94. The van der Waals surface area contributed by atoms with Crippen molar-refractivity contribution in [1.29, 1.82) is 0 Å². The molecule has 3 heteroatoms. The molecule has 0 bridgehead atoms. The van der Waals surface area contributed by atoms with Crippen LogP contribution in [0.4, 0.5) is 0 Å². The van der Waals surface area contributed by atoms with E-state index in [2.05, 4.69) is 38.3 Å². The van der Waals surface area contributed by atoms with E-state index in [0.29, 0.717) is 11.9 Å². The van der Waals surface area contributed by atoms with Gasteiger partial charge in [0.05, 0.1) is 0 Å². The summed E-state index contributed by atoms with van der Waals surface area (Å²) in [5, 5.41) is 6.95. The smallest absolute Gasteiger partial charge is 0.223 e. The van der Waals surface area contributed by atoms with Gasteiger partial charge in [-0.25, -0.2) is 0 Å². The van der Waals surface area contributed by atoms with Gasteiger partial charge in [-0.15, -0.1) is 0 Å². The maximum Gasteiger partial charge on any atom is 0.223 e. The van der Waals surface area contributed by atoms with Gasteiger partial charge in [-0.3, -0.25) is 4.79 Å². The molecule has 0 radical (unpaired) electrons. The number of nitrogens with one attached hydrogen (secondary N) is 2. The van der Waals surface area contributed by atoms with E-state index in [4.69, 9.17) is 0 Å². The molecule has 1 aliphatic carbocycles. The first-order valence-corrected chi connectivity index (χ1v) is 7.37. The summed E-state index contributed by atoms with van der Waals surface area (Å²) in [7, 11) is 0. The molecule has 104 valence electrons. The predicted octanol–water partition coefficient (Wildman–Crippen LogP) is 2.60. The monoisotopic (exact) mass is 252 g/mol. The van der Waals surface area contributed by atoms with E-state index in [1.807, 2.05) is 0 Å². The molecule has 1 saturated heterocycles. The number of carbonyl (C=O) groups excluding carboxylic acids is 1. The maximum absolute atomic E-state index is 12.2. The van der Waals surface area contributed by atoms with Crippen molar-refractivity contribution in [2.75, 3.05) is 0 Å². The Labute approximate surface area is 111 Å². The number of piperidine rings is 1. The zero-order valence-corrected chi connectivity index (χ0v) is 12.3. The minimum absolute atomic E-state index is 0.107. The molecule has 1 amide bonds. The molecule has 0 spiro atoms. The Hall–Kier alpha value is -0.570. The molecule has 1 heterocycles. The highest BCUT2D eigenvalue weighted by molar-refractivity contribution is 5.79. The van der Waals surface area contributed by atoms with Crippen molar-refractivity contribution in [2.45, 2.75) is 83.3 Å². The fraction of sp³-hybridized carbons (Fsp3) is 0.933. The van der Waals surface area contributed by atoms with Crippen LogP contribution in [0, 0.1) is 5.92 Å². The molecule has 3 nitrogen and oxygen atoms in total. The summed E-state index contributed by atoms with van der Waals surface area (Å²) < 4.78 is 0. The summed E-state index contributed by atoms with van der Waals surface area (Å²) in [6, 6.07) is 0.323. The van der Waals surface area contributed by atoms with Crippen molar-refractivity contribution in [1.82, 2.24) is 10.6 Å². The molecule has 2 N–H and O–H groups in total. The zero-order chi connectivity index (χ0) is 13.4. The Morgan fingerprint density at radius 2 is 1.56 bits per heavy atom. The van der Waals surface area contributed by atoms with Gasteiger partial charge in [0.15, 0.2) is 0 Å². The summed E-state index contributed by atoms with van der Waals surface area (Å²) in [6.45, 7) is 8.90. The molecule has 0 unspecified atom stereocenters. The lowest BCUT2D eigenvalue weighted by Gasteiger charge is -2.46. The van der Waals surface area contributed by atoms with Crippen molar-refractivity contribution < 1.29 is 4.79 Å². The van der Waals surface area contributed by atoms with Crippen molar-refractivity contribution >= 4 is 5.91 Å². The lowest BCUT2D eigenvalue weighted by molar-refractivity contribution is -0.126. The largest absolute Gasteiger partial charge is 0.353 e. The third-order valence-electron chi connectivity index (χ3n) is 4.26. The van der Waals surface area contributed by atoms with Crippen LogP contribution in [-0.4, -0.2) is 23.0 Å². The first kappa shape index (κ1) is 13.9. The molecular formula is C15H28N2O. The van der Waals surface area contributed by atoms with Gasteiger partial charge in [0.1, 0.15) is 0 Å². The average molecular weight is 252 g/mol. The van der Waals surface area contributed by atoms with Gasteiger partial charge in [-0.05, 0) is 53.4 Å². The van der Waals surface area contributed by atoms with E-state index < -0.39 is 0 Å². The molecule has 18 heavy (non-hydrogen) atoms. The first-order valence-electron chi connectivity index (χ1n) is 7.37. The van der Waals surface area contributed by atoms with Crippen LogP contribution < -0.4 is 10.6 Å². The molecular weight excluding hydrogens is 224 g/mol. The van der Waals surface area contributed by atoms with Crippen molar-refractivity contribution in [3.63, 3.8) is 0 Å². The molecule has 2 rings (SSSR count). The zero-order valence-electron chi connectivity index (χ0n) is 12.3. The van der Waals surface area contributed by atoms with E-state index in [-0.39, 0.29) is 17.0 Å². The number of amides is 1. The lowest BCUT2D eigenvalue weighted by Crippen LogP contribution is -2.62. The summed E-state index contributed by atoms with van der Waals surface area (Å²) >= 11 is 0. The van der Waals surface area contributed by atoms with E-state index in [9.17, 15) is 4.79 Å². The standard InChI is InChI=1S/C15H28N2O/c1-14(2)9-12(10-15(3,4)17-14)16-13(18)11-7-5-6-8-11/h11-12,17H,5-10H2,1-4H3,(H,16,18). The number of hydrogen-bond donors (Lipinski definition) is 2. The van der Waals surface area contributed by atoms with Crippen LogP contribution in [0.15, 0.2) is 0 Å². The highest BCUT2D eigenvalue weighted by Gasteiger charge is 2.38. The van der Waals surface area contributed by atoms with Crippen LogP contribution in [0.25, 0.3) is 0 Å². The van der Waals surface area contributed by atoms with Crippen molar-refractivity contribution in [3.05, 3.63) is 0 Å². The number of carbonyl (C=O) groups is 1. The van der Waals surface area contributed by atoms with Gasteiger partial charge in [-0.1, -0.05) is 12.8 Å². The number of rotatable bonds is 2. The quantitative estimate of drug-likeness (QED) is 0.793. The fourth-order valence-electron chi connectivity index (χ4n) is 3.93. The van der Waals surface area contributed by atoms with Crippen LogP contribution in [0.2, 0.25) is 0 Å². The summed E-state index contributed by atoms with van der Waals surface area (Å²) in [5.41, 5.74) is 0.213. The molecule has 0 aromatic carbocycles. The van der Waals surface area contributed by atoms with E-state index in [1.165, 1.54) is 12.8 Å². The van der Waals surface area contributed by atoms with Gasteiger partial charge < -0.3 is 10.6 Å². The van der Waals surface area contributed by atoms with E-state index in [1.54, 1.807) is 0 Å². The third kappa shape index (κ3) is 3.47. The Morgan fingerprint density at radius 1 is 1.06 bits per heavy atom. The molecule has 0 aromatic heterocycles. The second-order valence-electron chi connectivity index (χ2n) is 7.49. The van der Waals surface area contributed by atoms with Crippen LogP contribution in [-0.2, 0) is 4.79 Å². The van der Waals surface area contributed by atoms with Crippen LogP contribution in [0.1, 0.15) is 66.2 Å². The third-order valence-corrected chi connectivity index (χ3v) is 4.26. The van der Waals surface area contributed by atoms with Gasteiger partial charge in [-0.2, -0.15) is 0 Å². The van der Waals surface area contributed by atoms with Crippen LogP contribution in [0.3, 0.4) is 0 Å². The van der Waals surface area contributed by atoms with Gasteiger partial charge >= 0.3 is 0 Å². The molecule has 1 saturated carbocycles. The second-order valence-corrected chi connectivity index (χ2v) is 7.49. The maximum atomic E-state index is 12.2. The Kier molecular flexibility index (Phi) is 3.72. The predicted molar refractivity (Wildman–Crippen MR) is 74.4 cm³/mol. The summed E-state index contributed by atoms with van der Waals surface area (Å²) in [6.07, 6.45) is 6.67. The average Bonchev–Trinajstić information content (AvgIpc) is 2.63. The molecule has 0 atom stereocenters. The first-order chi connectivity index (χ1) is 8.27. The van der Waals surface area contributed by atoms with Crippen molar-refractivity contribution in [3.8, 4) is 0 Å². The highest BCUT2D eigenvalue weighted by Crippen LogP contribution is 2.30. The van der Waals surface area contributed by atoms with Crippen LogP contribution >= 0.6 is 0 Å². The van der Waals surface area contributed by atoms with E-state index in [0.717, 1.165) is 25.7 Å². The molecule has 0 aromatic rings. The summed E-state index contributed by atoms with van der Waals surface area (Å²) in [4.78, 5) is 12.2. The molecule has 2 fully saturated rings. The second kappa shape index (κ2) is 4.84. The van der Waals surface area contributed by atoms with Gasteiger partial charge in [0, 0.05) is 23.0 Å². The number of hydrogen-bond acceptors (Lipinski definition) is 2. The van der Waals surface area contributed by atoms with E-state index >= 15 is 0 Å². The minimum atomic E-state index is 0.107. The topological polar surface area (TPSA) is 41.1 Å². The van der Waals surface area contributed by atoms with Gasteiger partial charge in [0.25, 0.3) is 0 Å². The Bertz CT molecular complexity index is 300.